The molecule has 0 saturated carbocycles. The molecule has 1 amide bonds. The summed E-state index contributed by atoms with van der Waals surface area (Å²) in [5.41, 5.74) is 4.69. The van der Waals surface area contributed by atoms with Crippen molar-refractivity contribution in [2.75, 3.05) is 5.32 Å². The normalized spacial score (nSPS) is 14.7. The molecule has 0 atom stereocenters. The van der Waals surface area contributed by atoms with Gasteiger partial charge in [-0.3, -0.25) is 4.79 Å². The van der Waals surface area contributed by atoms with Crippen LogP contribution in [0, 0.1) is 13.8 Å². The highest BCUT2D eigenvalue weighted by molar-refractivity contribution is 7.89. The van der Waals surface area contributed by atoms with Gasteiger partial charge in [0.15, 0.2) is 5.76 Å². The predicted molar refractivity (Wildman–Crippen MR) is 128 cm³/mol. The monoisotopic (exact) mass is 465 g/mol. The van der Waals surface area contributed by atoms with Gasteiger partial charge in [0.25, 0.3) is 15.9 Å². The lowest BCUT2D eigenvalue weighted by atomic mass is 9.93. The number of carbonyl (C=O) groups excluding carboxylic acids is 1. The third kappa shape index (κ3) is 4.71. The van der Waals surface area contributed by atoms with Crippen molar-refractivity contribution in [2.45, 2.75) is 51.3 Å². The zero-order valence-corrected chi connectivity index (χ0v) is 19.8. The number of benzene rings is 2. The Balaban J connectivity index is 1.61. The van der Waals surface area contributed by atoms with Crippen LogP contribution in [0.4, 0.5) is 5.69 Å². The molecule has 4 rings (SSSR count). The van der Waals surface area contributed by atoms with Gasteiger partial charge >= 0.3 is 0 Å². The van der Waals surface area contributed by atoms with Crippen LogP contribution in [-0.4, -0.2) is 20.0 Å². The summed E-state index contributed by atoms with van der Waals surface area (Å²) in [5, 5.41) is 7.17. The van der Waals surface area contributed by atoms with Crippen LogP contribution in [0.3, 0.4) is 0 Å². The molecule has 0 radical (unpaired) electrons. The number of hydrazone groups is 1. The van der Waals surface area contributed by atoms with E-state index in [0.717, 1.165) is 29.7 Å². The van der Waals surface area contributed by atoms with Gasteiger partial charge in [-0.2, -0.15) is 18.4 Å². The first-order valence-corrected chi connectivity index (χ1v) is 12.5. The number of rotatable bonds is 6. The van der Waals surface area contributed by atoms with E-state index in [1.807, 2.05) is 38.1 Å². The molecule has 0 unspecified atom stereocenters. The van der Waals surface area contributed by atoms with Crippen molar-refractivity contribution < 1.29 is 17.6 Å². The summed E-state index contributed by atoms with van der Waals surface area (Å²) in [7, 11) is -3.80. The van der Waals surface area contributed by atoms with Gasteiger partial charge in [0, 0.05) is 23.2 Å². The van der Waals surface area contributed by atoms with Crippen LogP contribution < -0.4 is 10.1 Å². The van der Waals surface area contributed by atoms with Crippen LogP contribution in [0.25, 0.3) is 0 Å². The number of anilines is 1. The fourth-order valence-electron chi connectivity index (χ4n) is 4.01. The first-order chi connectivity index (χ1) is 15.8. The molecule has 0 spiro atoms. The summed E-state index contributed by atoms with van der Waals surface area (Å²) in [5.74, 6) is 0.547. The predicted octanol–water partition coefficient (Wildman–Crippen LogP) is 4.73. The van der Waals surface area contributed by atoms with Crippen molar-refractivity contribution in [3.05, 3.63) is 82.3 Å². The van der Waals surface area contributed by atoms with Gasteiger partial charge in [-0.15, -0.1) is 0 Å². The maximum Gasteiger partial charge on any atom is 0.291 e. The Hall–Kier alpha value is -3.39. The molecular formula is C25H27N3O4S. The van der Waals surface area contributed by atoms with Crippen LogP contribution >= 0.6 is 0 Å². The summed E-state index contributed by atoms with van der Waals surface area (Å²) in [6.07, 6.45) is 2.80. The fourth-order valence-corrected chi connectivity index (χ4v) is 4.84. The number of carbonyl (C=O) groups is 1. The maximum atomic E-state index is 13.0. The van der Waals surface area contributed by atoms with Gasteiger partial charge in [-0.05, 0) is 56.9 Å². The first kappa shape index (κ1) is 22.8. The average molecular weight is 466 g/mol. The van der Waals surface area contributed by atoms with Crippen molar-refractivity contribution >= 4 is 27.3 Å². The van der Waals surface area contributed by atoms with Crippen LogP contribution in [-0.2, 0) is 22.9 Å². The van der Waals surface area contributed by atoms with E-state index in [4.69, 9.17) is 4.42 Å². The van der Waals surface area contributed by atoms with Gasteiger partial charge in [0.05, 0.1) is 10.6 Å². The Morgan fingerprint density at radius 1 is 1.06 bits per heavy atom. The number of amides is 1. The highest BCUT2D eigenvalue weighted by Crippen LogP contribution is 2.30. The largest absolute Gasteiger partial charge is 0.455 e. The highest BCUT2D eigenvalue weighted by Gasteiger charge is 2.28. The van der Waals surface area contributed by atoms with Crippen molar-refractivity contribution in [1.29, 1.82) is 0 Å². The molecule has 0 saturated heterocycles. The molecule has 1 heterocycles. The fraction of sp³-hybridized carbons (Fsp3) is 0.280. The van der Waals surface area contributed by atoms with E-state index >= 15 is 0 Å². The Kier molecular flexibility index (Phi) is 6.37. The van der Waals surface area contributed by atoms with Gasteiger partial charge in [0.1, 0.15) is 5.76 Å². The molecule has 0 fully saturated rings. The molecular weight excluding hydrogens is 438 g/mol. The molecule has 1 aliphatic carbocycles. The van der Waals surface area contributed by atoms with E-state index in [-0.39, 0.29) is 16.6 Å². The second-order valence-corrected chi connectivity index (χ2v) is 9.80. The standard InChI is InChI=1S/C25H27N3O4S/c1-4-18-8-5-6-9-20(18)26-25(29)24-17(3)23-21(10-7-11-22(23)32-24)27-28-33(30,31)19-14-12-16(2)13-15-19/h5-6,8-9,12-15,28H,4,7,10-11H2,1-3H3,(H,26,29)/b27-21+. The molecule has 7 nitrogen and oxygen atoms in total. The van der Waals surface area contributed by atoms with Crippen LogP contribution in [0.5, 0.6) is 0 Å². The Morgan fingerprint density at radius 3 is 2.52 bits per heavy atom. The Labute approximate surface area is 194 Å². The van der Waals surface area contributed by atoms with E-state index in [0.29, 0.717) is 35.4 Å². The first-order valence-electron chi connectivity index (χ1n) is 11.0. The minimum atomic E-state index is -3.80. The average Bonchev–Trinajstić information content (AvgIpc) is 3.15. The smallest absolute Gasteiger partial charge is 0.291 e. The van der Waals surface area contributed by atoms with E-state index < -0.39 is 10.0 Å². The third-order valence-corrected chi connectivity index (χ3v) is 7.03. The van der Waals surface area contributed by atoms with Gasteiger partial charge in [-0.25, -0.2) is 0 Å². The Morgan fingerprint density at radius 2 is 1.79 bits per heavy atom. The minimum absolute atomic E-state index is 0.145. The molecule has 2 N–H and O–H groups in total. The van der Waals surface area contributed by atoms with Gasteiger partial charge in [-0.1, -0.05) is 42.8 Å². The summed E-state index contributed by atoms with van der Waals surface area (Å²) >= 11 is 0. The van der Waals surface area contributed by atoms with Crippen molar-refractivity contribution in [1.82, 2.24) is 4.83 Å². The number of nitrogens with zero attached hydrogens (tertiary/aromatic N) is 1. The van der Waals surface area contributed by atoms with E-state index in [9.17, 15) is 13.2 Å². The van der Waals surface area contributed by atoms with E-state index in [2.05, 4.69) is 15.2 Å². The number of aryl methyl sites for hydroxylation is 3. The molecule has 2 aromatic carbocycles. The van der Waals surface area contributed by atoms with E-state index in [1.165, 1.54) is 0 Å². The molecule has 33 heavy (non-hydrogen) atoms. The zero-order chi connectivity index (χ0) is 23.6. The minimum Gasteiger partial charge on any atom is -0.455 e. The number of para-hydroxylation sites is 1. The molecule has 0 bridgehead atoms. The lowest BCUT2D eigenvalue weighted by Gasteiger charge is -2.14. The maximum absolute atomic E-state index is 13.0. The van der Waals surface area contributed by atoms with Crippen LogP contribution in [0.2, 0.25) is 0 Å². The summed E-state index contributed by atoms with van der Waals surface area (Å²) in [6.45, 7) is 5.73. The number of hydrogen-bond donors (Lipinski definition) is 2. The molecule has 1 aliphatic rings. The SMILES string of the molecule is CCc1ccccc1NC(=O)c1oc2c(c1C)/C(=N/NS(=O)(=O)c1ccc(C)cc1)CCC2. The molecule has 0 aliphatic heterocycles. The van der Waals surface area contributed by atoms with Gasteiger partial charge in [0.2, 0.25) is 0 Å². The van der Waals surface area contributed by atoms with Crippen molar-refractivity contribution in [2.24, 2.45) is 5.10 Å². The zero-order valence-electron chi connectivity index (χ0n) is 18.9. The van der Waals surface area contributed by atoms with Crippen molar-refractivity contribution in [3.8, 4) is 0 Å². The van der Waals surface area contributed by atoms with Crippen LogP contribution in [0.15, 0.2) is 62.9 Å². The quantitative estimate of drug-likeness (QED) is 0.514. The van der Waals surface area contributed by atoms with Gasteiger partial charge < -0.3 is 9.73 Å². The van der Waals surface area contributed by atoms with Crippen LogP contribution in [0.1, 0.15) is 58.3 Å². The molecule has 1 aromatic heterocycles. The lowest BCUT2D eigenvalue weighted by Crippen LogP contribution is -2.22. The topological polar surface area (TPSA) is 101 Å². The van der Waals surface area contributed by atoms with Crippen molar-refractivity contribution in [3.63, 3.8) is 0 Å². The molecule has 3 aromatic rings. The highest BCUT2D eigenvalue weighted by atomic mass is 32.2. The molecule has 172 valence electrons. The number of furan rings is 1. The third-order valence-electron chi connectivity index (χ3n) is 5.81. The number of nitrogens with one attached hydrogen (secondary N) is 2. The summed E-state index contributed by atoms with van der Waals surface area (Å²) in [4.78, 5) is 15.5. The number of sulfonamides is 1. The Bertz CT molecular complexity index is 1320. The number of fused-ring (bicyclic) bond motifs is 1. The summed E-state index contributed by atoms with van der Waals surface area (Å²) < 4.78 is 31.2. The van der Waals surface area contributed by atoms with E-state index in [1.54, 1.807) is 31.2 Å². The number of hydrogen-bond acceptors (Lipinski definition) is 5. The lowest BCUT2D eigenvalue weighted by molar-refractivity contribution is 0.0994. The molecule has 8 heteroatoms. The second-order valence-electron chi connectivity index (χ2n) is 8.14. The summed E-state index contributed by atoms with van der Waals surface area (Å²) in [6, 6.07) is 14.2. The second kappa shape index (κ2) is 9.23.